The number of Topliss-reactive ketones (excluding diaryl/α,β-unsaturated/α-hetero) is 1. The molecule has 0 aromatic heterocycles. The summed E-state index contributed by atoms with van der Waals surface area (Å²) in [4.78, 5) is 12.5. The molecule has 0 aliphatic rings. The fraction of sp³-hybridized carbons (Fsp3) is 0.188. The summed E-state index contributed by atoms with van der Waals surface area (Å²) in [6.45, 7) is 0. The van der Waals surface area contributed by atoms with E-state index in [-0.39, 0.29) is 11.0 Å². The van der Waals surface area contributed by atoms with Gasteiger partial charge in [-0.25, -0.2) is 0 Å². The van der Waals surface area contributed by atoms with Crippen molar-refractivity contribution in [3.05, 3.63) is 65.7 Å². The van der Waals surface area contributed by atoms with E-state index in [1.807, 2.05) is 60.9 Å². The fourth-order valence-corrected chi connectivity index (χ4v) is 2.71. The molecule has 0 saturated carbocycles. The maximum Gasteiger partial charge on any atom is 0.180 e. The van der Waals surface area contributed by atoms with Crippen LogP contribution in [0.2, 0.25) is 0 Å². The molecule has 0 saturated heterocycles. The van der Waals surface area contributed by atoms with E-state index in [9.17, 15) is 4.79 Å². The van der Waals surface area contributed by atoms with E-state index in [0.29, 0.717) is 5.56 Å². The maximum atomic E-state index is 12.5. The molecule has 0 amide bonds. The Bertz CT molecular complexity index is 534. The first-order chi connectivity index (χ1) is 9.26. The summed E-state index contributed by atoms with van der Waals surface area (Å²) in [5.74, 6) is 0.887. The molecule has 1 unspecified atom stereocenters. The Morgan fingerprint density at radius 3 is 2.21 bits per heavy atom. The lowest BCUT2D eigenvalue weighted by Crippen LogP contribution is -2.09. The molecule has 2 aromatic carbocycles. The summed E-state index contributed by atoms with van der Waals surface area (Å²) >= 11 is 1.56. The highest BCUT2D eigenvalue weighted by atomic mass is 32.2. The molecule has 1 atom stereocenters. The van der Waals surface area contributed by atoms with E-state index >= 15 is 0 Å². The van der Waals surface area contributed by atoms with E-state index in [2.05, 4.69) is 0 Å². The minimum absolute atomic E-state index is 0.126. The van der Waals surface area contributed by atoms with Gasteiger partial charge in [-0.15, -0.1) is 11.8 Å². The molecule has 3 heteroatoms. The third-order valence-corrected chi connectivity index (χ3v) is 3.91. The topological polar surface area (TPSA) is 26.3 Å². The van der Waals surface area contributed by atoms with E-state index in [1.54, 1.807) is 18.9 Å². The standard InChI is InChI=1S/C16H16O2S/c1-18-14-10-8-12(9-11-14)15(17)16(19-2)13-6-4-3-5-7-13/h3-11,16H,1-2H3. The maximum absolute atomic E-state index is 12.5. The second kappa shape index (κ2) is 6.43. The van der Waals surface area contributed by atoms with Crippen LogP contribution in [0, 0.1) is 0 Å². The second-order valence-corrected chi connectivity index (χ2v) is 5.06. The predicted octanol–water partition coefficient (Wildman–Crippen LogP) is 3.98. The minimum Gasteiger partial charge on any atom is -0.497 e. The number of thioether (sulfide) groups is 1. The van der Waals surface area contributed by atoms with Crippen LogP contribution in [0.1, 0.15) is 21.2 Å². The van der Waals surface area contributed by atoms with Gasteiger partial charge in [0.1, 0.15) is 5.75 Å². The van der Waals surface area contributed by atoms with Crippen molar-refractivity contribution in [2.24, 2.45) is 0 Å². The Balaban J connectivity index is 2.25. The first kappa shape index (κ1) is 13.7. The van der Waals surface area contributed by atoms with Crippen molar-refractivity contribution in [2.75, 3.05) is 13.4 Å². The van der Waals surface area contributed by atoms with E-state index in [4.69, 9.17) is 4.74 Å². The van der Waals surface area contributed by atoms with Gasteiger partial charge in [-0.2, -0.15) is 0 Å². The zero-order chi connectivity index (χ0) is 13.7. The molecular formula is C16H16O2S. The van der Waals surface area contributed by atoms with Crippen molar-refractivity contribution in [3.8, 4) is 5.75 Å². The van der Waals surface area contributed by atoms with Crippen LogP contribution >= 0.6 is 11.8 Å². The molecule has 0 bridgehead atoms. The number of ether oxygens (including phenoxy) is 1. The lowest BCUT2D eigenvalue weighted by atomic mass is 10.0. The quantitative estimate of drug-likeness (QED) is 0.770. The molecule has 98 valence electrons. The fourth-order valence-electron chi connectivity index (χ4n) is 1.93. The zero-order valence-corrected chi connectivity index (χ0v) is 11.8. The number of methoxy groups -OCH3 is 1. The number of ketones is 1. The molecule has 0 N–H and O–H groups in total. The van der Waals surface area contributed by atoms with Crippen LogP contribution in [0.15, 0.2) is 54.6 Å². The lowest BCUT2D eigenvalue weighted by Gasteiger charge is -2.14. The Morgan fingerprint density at radius 1 is 1.05 bits per heavy atom. The van der Waals surface area contributed by atoms with E-state index < -0.39 is 0 Å². The van der Waals surface area contributed by atoms with Crippen molar-refractivity contribution in [3.63, 3.8) is 0 Å². The molecule has 0 aliphatic heterocycles. The zero-order valence-electron chi connectivity index (χ0n) is 11.0. The molecule has 2 aromatic rings. The van der Waals surface area contributed by atoms with Crippen LogP contribution in [0.4, 0.5) is 0 Å². The van der Waals surface area contributed by atoms with Crippen LogP contribution in [0.3, 0.4) is 0 Å². The Morgan fingerprint density at radius 2 is 1.68 bits per heavy atom. The first-order valence-corrected chi connectivity index (χ1v) is 7.31. The molecule has 0 aliphatic carbocycles. The lowest BCUT2D eigenvalue weighted by molar-refractivity contribution is 0.0989. The predicted molar refractivity (Wildman–Crippen MR) is 80.0 cm³/mol. The third-order valence-electron chi connectivity index (χ3n) is 2.95. The summed E-state index contributed by atoms with van der Waals surface area (Å²) < 4.78 is 5.10. The SMILES string of the molecule is COc1ccc(C(=O)C(SC)c2ccccc2)cc1. The molecule has 0 fully saturated rings. The van der Waals surface area contributed by atoms with Gasteiger partial charge in [0.25, 0.3) is 0 Å². The van der Waals surface area contributed by atoms with Gasteiger partial charge >= 0.3 is 0 Å². The highest BCUT2D eigenvalue weighted by molar-refractivity contribution is 7.99. The number of rotatable bonds is 5. The normalized spacial score (nSPS) is 11.9. The smallest absolute Gasteiger partial charge is 0.180 e. The van der Waals surface area contributed by atoms with Crippen LogP contribution in [-0.2, 0) is 0 Å². The largest absolute Gasteiger partial charge is 0.497 e. The van der Waals surface area contributed by atoms with Crippen molar-refractivity contribution in [1.82, 2.24) is 0 Å². The summed E-state index contributed by atoms with van der Waals surface area (Å²) in [6.07, 6.45) is 1.96. The average Bonchev–Trinajstić information content (AvgIpc) is 2.49. The Labute approximate surface area is 117 Å². The highest BCUT2D eigenvalue weighted by Gasteiger charge is 2.20. The van der Waals surface area contributed by atoms with Gasteiger partial charge in [-0.3, -0.25) is 4.79 Å². The summed E-state index contributed by atoms with van der Waals surface area (Å²) in [6, 6.07) is 17.1. The second-order valence-electron chi connectivity index (χ2n) is 4.12. The van der Waals surface area contributed by atoms with Gasteiger partial charge in [0.2, 0.25) is 0 Å². The highest BCUT2D eigenvalue weighted by Crippen LogP contribution is 2.30. The Hall–Kier alpha value is -1.74. The average molecular weight is 272 g/mol. The molecule has 2 nitrogen and oxygen atoms in total. The number of carbonyl (C=O) groups is 1. The van der Waals surface area contributed by atoms with Crippen LogP contribution in [-0.4, -0.2) is 19.1 Å². The molecule has 0 radical (unpaired) electrons. The third kappa shape index (κ3) is 3.18. The minimum atomic E-state index is -0.158. The monoisotopic (exact) mass is 272 g/mol. The number of hydrogen-bond acceptors (Lipinski definition) is 3. The van der Waals surface area contributed by atoms with Gasteiger partial charge in [0.05, 0.1) is 12.4 Å². The van der Waals surface area contributed by atoms with Gasteiger partial charge in [0, 0.05) is 5.56 Å². The summed E-state index contributed by atoms with van der Waals surface area (Å²) in [7, 11) is 1.62. The van der Waals surface area contributed by atoms with Crippen LogP contribution < -0.4 is 4.74 Å². The molecule has 0 spiro atoms. The van der Waals surface area contributed by atoms with E-state index in [0.717, 1.165) is 11.3 Å². The Kier molecular flexibility index (Phi) is 4.63. The van der Waals surface area contributed by atoms with E-state index in [1.165, 1.54) is 0 Å². The first-order valence-electron chi connectivity index (χ1n) is 6.02. The van der Waals surface area contributed by atoms with Crippen molar-refractivity contribution >= 4 is 17.5 Å². The summed E-state index contributed by atoms with van der Waals surface area (Å²) in [5.41, 5.74) is 1.75. The van der Waals surface area contributed by atoms with Crippen molar-refractivity contribution in [1.29, 1.82) is 0 Å². The van der Waals surface area contributed by atoms with Crippen LogP contribution in [0.5, 0.6) is 5.75 Å². The number of hydrogen-bond donors (Lipinski definition) is 0. The molecule has 2 rings (SSSR count). The number of benzene rings is 2. The molecule has 19 heavy (non-hydrogen) atoms. The van der Waals surface area contributed by atoms with Gasteiger partial charge in [0.15, 0.2) is 5.78 Å². The van der Waals surface area contributed by atoms with Crippen LogP contribution in [0.25, 0.3) is 0 Å². The molecule has 0 heterocycles. The summed E-state index contributed by atoms with van der Waals surface area (Å²) in [5, 5.41) is -0.158. The van der Waals surface area contributed by atoms with Gasteiger partial charge in [-0.1, -0.05) is 30.3 Å². The van der Waals surface area contributed by atoms with Gasteiger partial charge in [-0.05, 0) is 36.1 Å². The molecular weight excluding hydrogens is 256 g/mol. The van der Waals surface area contributed by atoms with Gasteiger partial charge < -0.3 is 4.74 Å². The van der Waals surface area contributed by atoms with Crippen molar-refractivity contribution in [2.45, 2.75) is 5.25 Å². The number of carbonyl (C=O) groups excluding carboxylic acids is 1. The van der Waals surface area contributed by atoms with Crippen molar-refractivity contribution < 1.29 is 9.53 Å².